The smallest absolute Gasteiger partial charge is 0.292 e. The first-order chi connectivity index (χ1) is 11.6. The third kappa shape index (κ3) is 4.00. The number of hydrogen-bond donors (Lipinski definition) is 0. The highest BCUT2D eigenvalue weighted by atomic mass is 16.5. The summed E-state index contributed by atoms with van der Waals surface area (Å²) in [5.74, 6) is 0.548. The summed E-state index contributed by atoms with van der Waals surface area (Å²) in [6, 6.07) is 5.81. The van der Waals surface area contributed by atoms with Crippen molar-refractivity contribution in [1.29, 1.82) is 0 Å². The van der Waals surface area contributed by atoms with E-state index in [1.807, 2.05) is 31.0 Å². The molecule has 0 atom stereocenters. The molecule has 128 valence electrons. The van der Waals surface area contributed by atoms with Crippen LogP contribution in [0.25, 0.3) is 0 Å². The molecule has 0 aliphatic carbocycles. The van der Waals surface area contributed by atoms with E-state index >= 15 is 0 Å². The molecule has 0 saturated carbocycles. The molecule has 1 fully saturated rings. The molecule has 3 heterocycles. The first-order valence-electron chi connectivity index (χ1n) is 8.50. The van der Waals surface area contributed by atoms with E-state index in [0.29, 0.717) is 12.3 Å². The number of rotatable bonds is 4. The van der Waals surface area contributed by atoms with Crippen molar-refractivity contribution < 1.29 is 9.32 Å². The molecule has 1 saturated heterocycles. The largest absolute Gasteiger partial charge is 0.351 e. The van der Waals surface area contributed by atoms with Gasteiger partial charge in [-0.1, -0.05) is 25.1 Å². The van der Waals surface area contributed by atoms with E-state index in [9.17, 15) is 4.79 Å². The minimum atomic E-state index is -0.0578. The van der Waals surface area contributed by atoms with E-state index in [4.69, 9.17) is 4.52 Å². The molecule has 0 spiro atoms. The molecule has 1 aliphatic heterocycles. The van der Waals surface area contributed by atoms with Crippen LogP contribution >= 0.6 is 0 Å². The van der Waals surface area contributed by atoms with Crippen LogP contribution in [0.1, 0.15) is 48.0 Å². The van der Waals surface area contributed by atoms with Crippen LogP contribution in [0.4, 0.5) is 0 Å². The molecular formula is C18H24N4O2. The Kier molecular flexibility index (Phi) is 5.25. The zero-order valence-electron chi connectivity index (χ0n) is 14.3. The number of aromatic nitrogens is 2. The summed E-state index contributed by atoms with van der Waals surface area (Å²) in [5.41, 5.74) is 2.03. The lowest BCUT2D eigenvalue weighted by molar-refractivity contribution is 0.0719. The van der Waals surface area contributed by atoms with Gasteiger partial charge in [-0.25, -0.2) is 0 Å². The summed E-state index contributed by atoms with van der Waals surface area (Å²) in [7, 11) is 0. The third-order valence-corrected chi connectivity index (χ3v) is 4.34. The van der Waals surface area contributed by atoms with Crippen molar-refractivity contribution in [3.05, 3.63) is 47.6 Å². The first kappa shape index (κ1) is 16.6. The van der Waals surface area contributed by atoms with Crippen LogP contribution in [0, 0.1) is 0 Å². The molecule has 0 N–H and O–H groups in total. The van der Waals surface area contributed by atoms with Gasteiger partial charge in [-0.2, -0.15) is 0 Å². The van der Waals surface area contributed by atoms with Crippen molar-refractivity contribution >= 4 is 5.91 Å². The number of carbonyl (C=O) groups excluding carboxylic acids is 1. The molecule has 24 heavy (non-hydrogen) atoms. The normalized spacial score (nSPS) is 16.4. The van der Waals surface area contributed by atoms with Crippen molar-refractivity contribution in [2.24, 2.45) is 0 Å². The molecular weight excluding hydrogens is 304 g/mol. The van der Waals surface area contributed by atoms with Gasteiger partial charge in [-0.15, -0.1) is 0 Å². The summed E-state index contributed by atoms with van der Waals surface area (Å²) in [6.07, 6.45) is 4.64. The fourth-order valence-corrected chi connectivity index (χ4v) is 2.90. The van der Waals surface area contributed by atoms with Gasteiger partial charge in [0.05, 0.1) is 5.69 Å². The molecule has 3 rings (SSSR count). The van der Waals surface area contributed by atoms with E-state index in [1.165, 1.54) is 5.56 Å². The Balaban J connectivity index is 1.59. The Bertz CT molecular complexity index is 669. The van der Waals surface area contributed by atoms with Crippen LogP contribution in [0.5, 0.6) is 0 Å². The fraction of sp³-hybridized carbons (Fsp3) is 0.500. The number of amides is 1. The molecule has 2 aromatic rings. The Hall–Kier alpha value is -2.21. The van der Waals surface area contributed by atoms with Crippen LogP contribution in [-0.2, 0) is 6.54 Å². The van der Waals surface area contributed by atoms with Gasteiger partial charge < -0.3 is 9.42 Å². The molecule has 1 amide bonds. The molecule has 0 aromatic carbocycles. The SMILES string of the molecule is CC(C)c1cc(C(=O)N2CCCN(Cc3cccnc3)CC2)on1. The highest BCUT2D eigenvalue weighted by molar-refractivity contribution is 5.91. The van der Waals surface area contributed by atoms with Gasteiger partial charge in [-0.3, -0.25) is 14.7 Å². The number of carbonyl (C=O) groups is 1. The van der Waals surface area contributed by atoms with Gasteiger partial charge in [0.25, 0.3) is 5.91 Å². The minimum absolute atomic E-state index is 0.0578. The maximum Gasteiger partial charge on any atom is 0.292 e. The monoisotopic (exact) mass is 328 g/mol. The highest BCUT2D eigenvalue weighted by Gasteiger charge is 2.24. The summed E-state index contributed by atoms with van der Waals surface area (Å²) in [4.78, 5) is 21.0. The highest BCUT2D eigenvalue weighted by Crippen LogP contribution is 2.16. The van der Waals surface area contributed by atoms with E-state index in [2.05, 4.69) is 21.1 Å². The van der Waals surface area contributed by atoms with Crippen LogP contribution in [-0.4, -0.2) is 52.0 Å². The number of nitrogens with zero attached hydrogens (tertiary/aromatic N) is 4. The lowest BCUT2D eigenvalue weighted by Crippen LogP contribution is -2.34. The number of pyridine rings is 1. The number of hydrogen-bond acceptors (Lipinski definition) is 5. The van der Waals surface area contributed by atoms with Gasteiger partial charge in [0.1, 0.15) is 0 Å². The third-order valence-electron chi connectivity index (χ3n) is 4.34. The van der Waals surface area contributed by atoms with E-state index in [0.717, 1.165) is 38.3 Å². The average Bonchev–Trinajstić information content (AvgIpc) is 2.97. The molecule has 6 heteroatoms. The van der Waals surface area contributed by atoms with Crippen molar-refractivity contribution in [2.45, 2.75) is 32.7 Å². The molecule has 0 radical (unpaired) electrons. The van der Waals surface area contributed by atoms with Crippen LogP contribution in [0.15, 0.2) is 35.1 Å². The van der Waals surface area contributed by atoms with Gasteiger partial charge >= 0.3 is 0 Å². The zero-order chi connectivity index (χ0) is 16.9. The second-order valence-electron chi connectivity index (χ2n) is 6.55. The molecule has 6 nitrogen and oxygen atoms in total. The Morgan fingerprint density at radius 2 is 2.17 bits per heavy atom. The first-order valence-corrected chi connectivity index (χ1v) is 8.50. The van der Waals surface area contributed by atoms with E-state index in [1.54, 1.807) is 12.3 Å². The van der Waals surface area contributed by atoms with Crippen molar-refractivity contribution in [3.63, 3.8) is 0 Å². The average molecular weight is 328 g/mol. The van der Waals surface area contributed by atoms with Crippen LogP contribution < -0.4 is 0 Å². The van der Waals surface area contributed by atoms with Gasteiger partial charge in [0.15, 0.2) is 0 Å². The Labute approximate surface area is 142 Å². The molecule has 1 aliphatic rings. The molecule has 2 aromatic heterocycles. The fourth-order valence-electron chi connectivity index (χ4n) is 2.90. The maximum atomic E-state index is 12.6. The van der Waals surface area contributed by atoms with Gasteiger partial charge in [0.2, 0.25) is 5.76 Å². The predicted octanol–water partition coefficient (Wildman–Crippen LogP) is 2.54. The standard InChI is InChI=1S/C18H24N4O2/c1-14(2)16-11-17(24-20-16)18(23)22-8-4-7-21(9-10-22)13-15-5-3-6-19-12-15/h3,5-6,11-12,14H,4,7-10,13H2,1-2H3. The van der Waals surface area contributed by atoms with Crippen molar-refractivity contribution in [1.82, 2.24) is 19.9 Å². The minimum Gasteiger partial charge on any atom is -0.351 e. The summed E-state index contributed by atoms with van der Waals surface area (Å²) in [5, 5.41) is 3.99. The Morgan fingerprint density at radius 3 is 2.88 bits per heavy atom. The van der Waals surface area contributed by atoms with Crippen molar-refractivity contribution in [3.8, 4) is 0 Å². The lowest BCUT2D eigenvalue weighted by atomic mass is 10.1. The van der Waals surface area contributed by atoms with E-state index in [-0.39, 0.29) is 11.8 Å². The second-order valence-corrected chi connectivity index (χ2v) is 6.55. The lowest BCUT2D eigenvalue weighted by Gasteiger charge is -2.21. The van der Waals surface area contributed by atoms with Gasteiger partial charge in [0, 0.05) is 51.2 Å². The van der Waals surface area contributed by atoms with Crippen molar-refractivity contribution in [2.75, 3.05) is 26.2 Å². The Morgan fingerprint density at radius 1 is 1.29 bits per heavy atom. The topological polar surface area (TPSA) is 62.5 Å². The molecule has 0 unspecified atom stereocenters. The second kappa shape index (κ2) is 7.57. The quantitative estimate of drug-likeness (QED) is 0.863. The zero-order valence-corrected chi connectivity index (χ0v) is 14.3. The van der Waals surface area contributed by atoms with Crippen LogP contribution in [0.3, 0.4) is 0 Å². The predicted molar refractivity (Wildman–Crippen MR) is 90.6 cm³/mol. The van der Waals surface area contributed by atoms with Gasteiger partial charge in [-0.05, 0) is 24.0 Å². The maximum absolute atomic E-state index is 12.6. The summed E-state index contributed by atoms with van der Waals surface area (Å²) < 4.78 is 5.24. The summed E-state index contributed by atoms with van der Waals surface area (Å²) >= 11 is 0. The summed E-state index contributed by atoms with van der Waals surface area (Å²) in [6.45, 7) is 8.23. The molecule has 0 bridgehead atoms. The van der Waals surface area contributed by atoms with E-state index < -0.39 is 0 Å². The van der Waals surface area contributed by atoms with Crippen LogP contribution in [0.2, 0.25) is 0 Å².